The average Bonchev–Trinajstić information content (AvgIpc) is 2.78. The molecule has 2 aliphatic heterocycles. The first-order chi connectivity index (χ1) is 8.31. The standard InChI is InChI=1S/C14H27NO2/c1-3-6-15-14(12-5-4-7-16-9-12)13-8-11(2)17-10-13/h11-15H,3-10H2,1-2H3. The first-order valence-electron chi connectivity index (χ1n) is 7.24. The Morgan fingerprint density at radius 2 is 2.18 bits per heavy atom. The van der Waals surface area contributed by atoms with Crippen LogP contribution in [0.4, 0.5) is 0 Å². The monoisotopic (exact) mass is 241 g/mol. The van der Waals surface area contributed by atoms with E-state index in [2.05, 4.69) is 19.2 Å². The van der Waals surface area contributed by atoms with Crippen LogP contribution in [-0.4, -0.2) is 38.5 Å². The second kappa shape index (κ2) is 6.72. The van der Waals surface area contributed by atoms with Crippen molar-refractivity contribution in [1.29, 1.82) is 0 Å². The highest BCUT2D eigenvalue weighted by Crippen LogP contribution is 2.29. The van der Waals surface area contributed by atoms with Gasteiger partial charge >= 0.3 is 0 Å². The fraction of sp³-hybridized carbons (Fsp3) is 1.00. The summed E-state index contributed by atoms with van der Waals surface area (Å²) in [5.41, 5.74) is 0. The first-order valence-corrected chi connectivity index (χ1v) is 7.24. The van der Waals surface area contributed by atoms with E-state index >= 15 is 0 Å². The molecule has 2 fully saturated rings. The molecule has 0 saturated carbocycles. The zero-order valence-electron chi connectivity index (χ0n) is 11.3. The highest BCUT2D eigenvalue weighted by molar-refractivity contribution is 4.88. The molecule has 0 aliphatic carbocycles. The van der Waals surface area contributed by atoms with E-state index in [1.165, 1.54) is 25.7 Å². The van der Waals surface area contributed by atoms with Gasteiger partial charge in [0.2, 0.25) is 0 Å². The number of nitrogens with one attached hydrogen (secondary N) is 1. The van der Waals surface area contributed by atoms with Crippen LogP contribution < -0.4 is 5.32 Å². The number of ether oxygens (including phenoxy) is 2. The van der Waals surface area contributed by atoms with Crippen molar-refractivity contribution in [3.63, 3.8) is 0 Å². The molecule has 0 spiro atoms. The quantitative estimate of drug-likeness (QED) is 0.800. The predicted octanol–water partition coefficient (Wildman–Crippen LogP) is 2.21. The molecule has 2 heterocycles. The molecular formula is C14H27NO2. The Labute approximate surface area is 105 Å². The van der Waals surface area contributed by atoms with Gasteiger partial charge in [-0.05, 0) is 45.1 Å². The van der Waals surface area contributed by atoms with E-state index in [0.29, 0.717) is 24.0 Å². The van der Waals surface area contributed by atoms with Gasteiger partial charge < -0.3 is 14.8 Å². The highest BCUT2D eigenvalue weighted by atomic mass is 16.5. The third kappa shape index (κ3) is 3.67. The topological polar surface area (TPSA) is 30.5 Å². The molecule has 100 valence electrons. The normalized spacial score (nSPS) is 36.0. The fourth-order valence-corrected chi connectivity index (χ4v) is 3.18. The molecule has 2 saturated heterocycles. The molecule has 3 nitrogen and oxygen atoms in total. The van der Waals surface area contributed by atoms with Crippen molar-refractivity contribution < 1.29 is 9.47 Å². The smallest absolute Gasteiger partial charge is 0.0551 e. The second-order valence-electron chi connectivity index (χ2n) is 5.60. The summed E-state index contributed by atoms with van der Waals surface area (Å²) in [7, 11) is 0. The highest BCUT2D eigenvalue weighted by Gasteiger charge is 2.34. The van der Waals surface area contributed by atoms with E-state index in [-0.39, 0.29) is 0 Å². The van der Waals surface area contributed by atoms with Crippen LogP contribution >= 0.6 is 0 Å². The molecule has 0 radical (unpaired) electrons. The molecule has 4 unspecified atom stereocenters. The molecule has 1 N–H and O–H groups in total. The van der Waals surface area contributed by atoms with Crippen LogP contribution in [0.25, 0.3) is 0 Å². The number of rotatable bonds is 5. The van der Waals surface area contributed by atoms with Gasteiger partial charge in [-0.25, -0.2) is 0 Å². The lowest BCUT2D eigenvalue weighted by atomic mass is 9.83. The second-order valence-corrected chi connectivity index (χ2v) is 5.60. The van der Waals surface area contributed by atoms with Gasteiger partial charge in [0.25, 0.3) is 0 Å². The van der Waals surface area contributed by atoms with E-state index < -0.39 is 0 Å². The van der Waals surface area contributed by atoms with E-state index in [9.17, 15) is 0 Å². The van der Waals surface area contributed by atoms with E-state index in [0.717, 1.165) is 26.4 Å². The van der Waals surface area contributed by atoms with Crippen molar-refractivity contribution in [2.75, 3.05) is 26.4 Å². The summed E-state index contributed by atoms with van der Waals surface area (Å²) in [4.78, 5) is 0. The van der Waals surface area contributed by atoms with Crippen LogP contribution in [-0.2, 0) is 9.47 Å². The Morgan fingerprint density at radius 1 is 1.29 bits per heavy atom. The summed E-state index contributed by atoms with van der Waals surface area (Å²) in [5, 5.41) is 3.74. The molecule has 0 aromatic heterocycles. The van der Waals surface area contributed by atoms with Crippen molar-refractivity contribution in [2.45, 2.75) is 51.7 Å². The summed E-state index contributed by atoms with van der Waals surface area (Å²) in [6, 6.07) is 0.597. The zero-order chi connectivity index (χ0) is 12.1. The molecule has 0 bridgehead atoms. The Bertz CT molecular complexity index is 212. The van der Waals surface area contributed by atoms with Crippen LogP contribution in [0.2, 0.25) is 0 Å². The molecule has 2 aliphatic rings. The maximum absolute atomic E-state index is 5.74. The van der Waals surface area contributed by atoms with E-state index in [1.807, 2.05) is 0 Å². The molecular weight excluding hydrogens is 214 g/mol. The third-order valence-electron chi connectivity index (χ3n) is 4.07. The lowest BCUT2D eigenvalue weighted by Crippen LogP contribution is -2.46. The average molecular weight is 241 g/mol. The van der Waals surface area contributed by atoms with E-state index in [4.69, 9.17) is 9.47 Å². The van der Waals surface area contributed by atoms with Gasteiger partial charge in [0.05, 0.1) is 19.3 Å². The zero-order valence-corrected chi connectivity index (χ0v) is 11.3. The van der Waals surface area contributed by atoms with Crippen LogP contribution in [0.5, 0.6) is 0 Å². The van der Waals surface area contributed by atoms with Crippen LogP contribution in [0, 0.1) is 11.8 Å². The van der Waals surface area contributed by atoms with Crippen LogP contribution in [0.3, 0.4) is 0 Å². The third-order valence-corrected chi connectivity index (χ3v) is 4.07. The van der Waals surface area contributed by atoms with Gasteiger partial charge in [0.1, 0.15) is 0 Å². The molecule has 4 atom stereocenters. The SMILES string of the molecule is CCCNC(C1CCCOC1)C1COC(C)C1. The summed E-state index contributed by atoms with van der Waals surface area (Å²) < 4.78 is 11.4. The van der Waals surface area contributed by atoms with Crippen molar-refractivity contribution >= 4 is 0 Å². The van der Waals surface area contributed by atoms with Gasteiger partial charge in [-0.1, -0.05) is 6.92 Å². The van der Waals surface area contributed by atoms with Crippen molar-refractivity contribution in [3.05, 3.63) is 0 Å². The Morgan fingerprint density at radius 3 is 2.76 bits per heavy atom. The minimum atomic E-state index is 0.440. The fourth-order valence-electron chi connectivity index (χ4n) is 3.18. The maximum atomic E-state index is 5.74. The number of hydrogen-bond donors (Lipinski definition) is 1. The Kier molecular flexibility index (Phi) is 5.26. The summed E-state index contributed by atoms with van der Waals surface area (Å²) in [5.74, 6) is 1.37. The molecule has 0 aromatic rings. The van der Waals surface area contributed by atoms with E-state index in [1.54, 1.807) is 0 Å². The molecule has 0 amide bonds. The predicted molar refractivity (Wildman–Crippen MR) is 69.1 cm³/mol. The lowest BCUT2D eigenvalue weighted by molar-refractivity contribution is 0.0267. The Balaban J connectivity index is 1.91. The largest absolute Gasteiger partial charge is 0.381 e. The summed E-state index contributed by atoms with van der Waals surface area (Å²) >= 11 is 0. The summed E-state index contributed by atoms with van der Waals surface area (Å²) in [6.45, 7) is 8.36. The van der Waals surface area contributed by atoms with Crippen LogP contribution in [0.15, 0.2) is 0 Å². The molecule has 0 aromatic carbocycles. The minimum Gasteiger partial charge on any atom is -0.381 e. The van der Waals surface area contributed by atoms with Gasteiger partial charge in [-0.2, -0.15) is 0 Å². The molecule has 17 heavy (non-hydrogen) atoms. The first kappa shape index (κ1) is 13.3. The van der Waals surface area contributed by atoms with Crippen molar-refractivity contribution in [2.24, 2.45) is 11.8 Å². The maximum Gasteiger partial charge on any atom is 0.0551 e. The van der Waals surface area contributed by atoms with Crippen molar-refractivity contribution in [1.82, 2.24) is 5.32 Å². The van der Waals surface area contributed by atoms with Gasteiger partial charge in [0, 0.05) is 18.6 Å². The molecule has 2 rings (SSSR count). The van der Waals surface area contributed by atoms with Crippen LogP contribution in [0.1, 0.15) is 39.5 Å². The van der Waals surface area contributed by atoms with Crippen molar-refractivity contribution in [3.8, 4) is 0 Å². The summed E-state index contributed by atoms with van der Waals surface area (Å²) in [6.07, 6.45) is 5.38. The van der Waals surface area contributed by atoms with Gasteiger partial charge in [-0.15, -0.1) is 0 Å². The van der Waals surface area contributed by atoms with Gasteiger partial charge in [-0.3, -0.25) is 0 Å². The minimum absolute atomic E-state index is 0.440. The lowest BCUT2D eigenvalue weighted by Gasteiger charge is -2.34. The Hall–Kier alpha value is -0.120. The molecule has 3 heteroatoms. The number of hydrogen-bond acceptors (Lipinski definition) is 3. The van der Waals surface area contributed by atoms with Gasteiger partial charge in [0.15, 0.2) is 0 Å².